The van der Waals surface area contributed by atoms with E-state index in [2.05, 4.69) is 0 Å². The minimum atomic E-state index is -0.917. The molecule has 98 valence electrons. The molecule has 1 N–H and O–H groups in total. The van der Waals surface area contributed by atoms with Gasteiger partial charge in [-0.3, -0.25) is 0 Å². The van der Waals surface area contributed by atoms with Crippen molar-refractivity contribution in [3.63, 3.8) is 0 Å². The lowest BCUT2D eigenvalue weighted by Gasteiger charge is -2.05. The van der Waals surface area contributed by atoms with E-state index in [4.69, 9.17) is 28.3 Å². The predicted octanol–water partition coefficient (Wildman–Crippen LogP) is 4.98. The van der Waals surface area contributed by atoms with Crippen LogP contribution in [0.1, 0.15) is 15.9 Å². The average Bonchev–Trinajstić information content (AvgIpc) is 2.38. The van der Waals surface area contributed by atoms with Gasteiger partial charge in [0.05, 0.1) is 10.6 Å². The Hall–Kier alpha value is -1.16. The summed E-state index contributed by atoms with van der Waals surface area (Å²) >= 11 is 13.5. The smallest absolute Gasteiger partial charge is 0.335 e. The monoisotopic (exact) mass is 312 g/mol. The molecule has 0 spiro atoms. The van der Waals surface area contributed by atoms with Crippen molar-refractivity contribution in [1.82, 2.24) is 0 Å². The van der Waals surface area contributed by atoms with E-state index in [-0.39, 0.29) is 0 Å². The highest BCUT2D eigenvalue weighted by Crippen LogP contribution is 2.31. The maximum atomic E-state index is 10.7. The number of thioether (sulfide) groups is 1. The number of benzene rings is 2. The first-order valence-corrected chi connectivity index (χ1v) is 7.20. The second-order valence-electron chi connectivity index (χ2n) is 3.87. The Bertz CT molecular complexity index is 597. The number of halogens is 2. The quantitative estimate of drug-likeness (QED) is 0.809. The maximum Gasteiger partial charge on any atom is 0.335 e. The molecule has 0 atom stereocenters. The largest absolute Gasteiger partial charge is 0.478 e. The molecule has 0 aromatic heterocycles. The van der Waals surface area contributed by atoms with Gasteiger partial charge in [0.15, 0.2) is 0 Å². The van der Waals surface area contributed by atoms with Gasteiger partial charge in [0.2, 0.25) is 0 Å². The molecule has 0 saturated carbocycles. The molecule has 0 radical (unpaired) electrons. The van der Waals surface area contributed by atoms with Gasteiger partial charge in [-0.15, -0.1) is 11.8 Å². The molecule has 0 saturated heterocycles. The summed E-state index contributed by atoms with van der Waals surface area (Å²) in [7, 11) is 0. The molecule has 0 aliphatic heterocycles. The third-order valence-corrected chi connectivity index (χ3v) is 4.29. The maximum absolute atomic E-state index is 10.7. The number of carboxylic acid groups (broad SMARTS) is 1. The van der Waals surface area contributed by atoms with Crippen LogP contribution in [0.3, 0.4) is 0 Å². The Labute approximate surface area is 125 Å². The van der Waals surface area contributed by atoms with Gasteiger partial charge in [0.25, 0.3) is 0 Å². The van der Waals surface area contributed by atoms with Crippen LogP contribution in [0, 0.1) is 0 Å². The Morgan fingerprint density at radius 3 is 2.37 bits per heavy atom. The first-order valence-electron chi connectivity index (χ1n) is 5.46. The first kappa shape index (κ1) is 14.3. The van der Waals surface area contributed by atoms with Crippen molar-refractivity contribution in [3.05, 3.63) is 63.6 Å². The highest BCUT2D eigenvalue weighted by Gasteiger charge is 2.04. The number of hydrogen-bond donors (Lipinski definition) is 1. The van der Waals surface area contributed by atoms with Crippen LogP contribution in [0.5, 0.6) is 0 Å². The highest BCUT2D eigenvalue weighted by molar-refractivity contribution is 7.98. The lowest BCUT2D eigenvalue weighted by atomic mass is 10.1. The van der Waals surface area contributed by atoms with Gasteiger partial charge < -0.3 is 5.11 Å². The van der Waals surface area contributed by atoms with E-state index in [1.54, 1.807) is 48.2 Å². The molecule has 0 aliphatic carbocycles. The summed E-state index contributed by atoms with van der Waals surface area (Å²) < 4.78 is 0. The van der Waals surface area contributed by atoms with Gasteiger partial charge in [-0.05, 0) is 35.9 Å². The zero-order chi connectivity index (χ0) is 13.8. The molecule has 19 heavy (non-hydrogen) atoms. The van der Waals surface area contributed by atoms with Crippen molar-refractivity contribution >= 4 is 40.9 Å². The average molecular weight is 313 g/mol. The van der Waals surface area contributed by atoms with E-state index in [1.165, 1.54) is 0 Å². The second-order valence-corrected chi connectivity index (χ2v) is 5.73. The van der Waals surface area contributed by atoms with Crippen LogP contribution in [0.25, 0.3) is 0 Å². The summed E-state index contributed by atoms with van der Waals surface area (Å²) in [6.07, 6.45) is 0. The third kappa shape index (κ3) is 3.90. The Morgan fingerprint density at radius 2 is 1.79 bits per heavy atom. The fourth-order valence-corrected chi connectivity index (χ4v) is 2.94. The fraction of sp³-hybridized carbons (Fsp3) is 0.0714. The molecule has 5 heteroatoms. The van der Waals surface area contributed by atoms with E-state index in [0.717, 1.165) is 16.2 Å². The molecule has 2 nitrogen and oxygen atoms in total. The topological polar surface area (TPSA) is 37.3 Å². The van der Waals surface area contributed by atoms with Crippen molar-refractivity contribution in [1.29, 1.82) is 0 Å². The van der Waals surface area contributed by atoms with Crippen LogP contribution in [0.15, 0.2) is 47.4 Å². The zero-order valence-electron chi connectivity index (χ0n) is 9.77. The van der Waals surface area contributed by atoms with Crippen molar-refractivity contribution in [3.8, 4) is 0 Å². The first-order chi connectivity index (χ1) is 9.06. The van der Waals surface area contributed by atoms with Crippen molar-refractivity contribution in [2.45, 2.75) is 10.6 Å². The van der Waals surface area contributed by atoms with E-state index < -0.39 is 5.97 Å². The molecule has 0 fully saturated rings. The van der Waals surface area contributed by atoms with Crippen LogP contribution < -0.4 is 0 Å². The molecular formula is C14H10Cl2O2S. The molecule has 2 aromatic rings. The molecule has 0 aliphatic rings. The van der Waals surface area contributed by atoms with Crippen LogP contribution >= 0.6 is 35.0 Å². The van der Waals surface area contributed by atoms with Gasteiger partial charge in [-0.1, -0.05) is 35.3 Å². The summed E-state index contributed by atoms with van der Waals surface area (Å²) in [5, 5.41) is 10.0. The van der Waals surface area contributed by atoms with Gasteiger partial charge in [-0.25, -0.2) is 4.79 Å². The van der Waals surface area contributed by atoms with Crippen LogP contribution in [0.2, 0.25) is 10.0 Å². The normalized spacial score (nSPS) is 10.4. The summed E-state index contributed by atoms with van der Waals surface area (Å²) in [6.45, 7) is 0. The number of aromatic carboxylic acids is 1. The minimum Gasteiger partial charge on any atom is -0.478 e. The summed E-state index contributed by atoms with van der Waals surface area (Å²) in [5.74, 6) is -0.193. The number of carboxylic acids is 1. The Morgan fingerprint density at radius 1 is 1.11 bits per heavy atom. The SMILES string of the molecule is O=C(O)c1ccc(CSc2ccc(Cl)cc2Cl)cc1. The minimum absolute atomic E-state index is 0.290. The molecule has 0 amide bonds. The van der Waals surface area contributed by atoms with E-state index in [0.29, 0.717) is 15.6 Å². The molecule has 0 bridgehead atoms. The molecular weight excluding hydrogens is 303 g/mol. The van der Waals surface area contributed by atoms with Crippen LogP contribution in [-0.2, 0) is 5.75 Å². The Kier molecular flexibility index (Phi) is 4.75. The van der Waals surface area contributed by atoms with Gasteiger partial charge >= 0.3 is 5.97 Å². The fourth-order valence-electron chi connectivity index (χ4n) is 1.50. The zero-order valence-corrected chi connectivity index (χ0v) is 12.1. The standard InChI is InChI=1S/C14H10Cl2O2S/c15-11-5-6-13(12(16)7-11)19-8-9-1-3-10(4-2-9)14(17)18/h1-7H,8H2,(H,17,18). The van der Waals surface area contributed by atoms with Gasteiger partial charge in [0.1, 0.15) is 0 Å². The van der Waals surface area contributed by atoms with E-state index in [9.17, 15) is 4.79 Å². The molecule has 0 unspecified atom stereocenters. The third-order valence-electron chi connectivity index (χ3n) is 2.49. The van der Waals surface area contributed by atoms with Crippen LogP contribution in [-0.4, -0.2) is 11.1 Å². The highest BCUT2D eigenvalue weighted by atomic mass is 35.5. The number of rotatable bonds is 4. The number of hydrogen-bond acceptors (Lipinski definition) is 2. The van der Waals surface area contributed by atoms with Crippen LogP contribution in [0.4, 0.5) is 0 Å². The predicted molar refractivity (Wildman–Crippen MR) is 79.4 cm³/mol. The van der Waals surface area contributed by atoms with E-state index in [1.807, 2.05) is 6.07 Å². The van der Waals surface area contributed by atoms with Crippen molar-refractivity contribution < 1.29 is 9.90 Å². The second kappa shape index (κ2) is 6.33. The lowest BCUT2D eigenvalue weighted by molar-refractivity contribution is 0.0697. The summed E-state index contributed by atoms with van der Waals surface area (Å²) in [5.41, 5.74) is 1.33. The van der Waals surface area contributed by atoms with Crippen molar-refractivity contribution in [2.75, 3.05) is 0 Å². The summed E-state index contributed by atoms with van der Waals surface area (Å²) in [4.78, 5) is 11.7. The van der Waals surface area contributed by atoms with Crippen molar-refractivity contribution in [2.24, 2.45) is 0 Å². The van der Waals surface area contributed by atoms with Gasteiger partial charge in [-0.2, -0.15) is 0 Å². The molecule has 2 aromatic carbocycles. The Balaban J connectivity index is 2.04. The summed E-state index contributed by atoms with van der Waals surface area (Å²) in [6, 6.07) is 12.2. The molecule has 2 rings (SSSR count). The number of carbonyl (C=O) groups is 1. The van der Waals surface area contributed by atoms with Gasteiger partial charge in [0, 0.05) is 15.7 Å². The van der Waals surface area contributed by atoms with E-state index >= 15 is 0 Å². The lowest BCUT2D eigenvalue weighted by Crippen LogP contribution is -1.95. The molecule has 0 heterocycles.